The Labute approximate surface area is 114 Å². The van der Waals surface area contributed by atoms with E-state index in [9.17, 15) is 0 Å². The van der Waals surface area contributed by atoms with E-state index in [2.05, 4.69) is 33.2 Å². The van der Waals surface area contributed by atoms with Crippen molar-refractivity contribution in [2.45, 2.75) is 19.4 Å². The summed E-state index contributed by atoms with van der Waals surface area (Å²) in [5.41, 5.74) is 1.01. The van der Waals surface area contributed by atoms with Crippen molar-refractivity contribution in [3.05, 3.63) is 22.7 Å². The highest BCUT2D eigenvalue weighted by Gasteiger charge is 2.16. The smallest absolute Gasteiger partial charge is 0.161 e. The molecule has 0 aromatic heterocycles. The maximum atomic E-state index is 5.26. The van der Waals surface area contributed by atoms with E-state index in [1.165, 1.54) is 0 Å². The standard InChI is InChI=1S/C12H15BrN2OS/c1-3-8-7-17-12(14-8)15-9-4-5-10(13)11(6-9)16-2/h4-6,8H,3,7H2,1-2H3,(H,14,15). The molecule has 1 aliphatic heterocycles. The number of thioether (sulfide) groups is 1. The zero-order chi connectivity index (χ0) is 12.3. The van der Waals surface area contributed by atoms with Gasteiger partial charge in [0.15, 0.2) is 5.17 Å². The van der Waals surface area contributed by atoms with Gasteiger partial charge in [-0.25, -0.2) is 0 Å². The zero-order valence-corrected chi connectivity index (χ0v) is 12.3. The molecule has 0 amide bonds. The summed E-state index contributed by atoms with van der Waals surface area (Å²) in [4.78, 5) is 4.60. The molecule has 5 heteroatoms. The molecule has 0 bridgehead atoms. The van der Waals surface area contributed by atoms with Gasteiger partial charge in [-0.2, -0.15) is 0 Å². The fraction of sp³-hybridized carbons (Fsp3) is 0.417. The van der Waals surface area contributed by atoms with Gasteiger partial charge in [0.05, 0.1) is 17.6 Å². The van der Waals surface area contributed by atoms with Crippen LogP contribution < -0.4 is 10.1 Å². The van der Waals surface area contributed by atoms with Gasteiger partial charge in [0.25, 0.3) is 0 Å². The summed E-state index contributed by atoms with van der Waals surface area (Å²) in [7, 11) is 1.67. The summed E-state index contributed by atoms with van der Waals surface area (Å²) in [5, 5.41) is 4.32. The number of methoxy groups -OCH3 is 1. The third-order valence-electron chi connectivity index (χ3n) is 2.59. The minimum Gasteiger partial charge on any atom is -0.495 e. The van der Waals surface area contributed by atoms with E-state index in [0.29, 0.717) is 6.04 Å². The second kappa shape index (κ2) is 5.78. The molecule has 1 aliphatic rings. The first kappa shape index (κ1) is 12.8. The molecule has 0 fully saturated rings. The number of hydrogen-bond donors (Lipinski definition) is 1. The lowest BCUT2D eigenvalue weighted by molar-refractivity contribution is 0.412. The highest BCUT2D eigenvalue weighted by atomic mass is 79.9. The van der Waals surface area contributed by atoms with Crippen LogP contribution in [0.4, 0.5) is 5.69 Å². The van der Waals surface area contributed by atoms with Crippen LogP contribution in [0.2, 0.25) is 0 Å². The maximum Gasteiger partial charge on any atom is 0.161 e. The Morgan fingerprint density at radius 2 is 2.41 bits per heavy atom. The van der Waals surface area contributed by atoms with Crippen molar-refractivity contribution in [1.82, 2.24) is 0 Å². The van der Waals surface area contributed by atoms with Crippen LogP contribution in [-0.4, -0.2) is 24.1 Å². The van der Waals surface area contributed by atoms with Crippen LogP contribution in [0.5, 0.6) is 5.75 Å². The molecule has 2 rings (SSSR count). The second-order valence-corrected chi connectivity index (χ2v) is 5.64. The van der Waals surface area contributed by atoms with E-state index in [-0.39, 0.29) is 0 Å². The van der Waals surface area contributed by atoms with Crippen LogP contribution in [0.15, 0.2) is 27.7 Å². The largest absolute Gasteiger partial charge is 0.495 e. The summed E-state index contributed by atoms with van der Waals surface area (Å²) in [6.45, 7) is 2.17. The lowest BCUT2D eigenvalue weighted by atomic mass is 10.3. The molecular weight excluding hydrogens is 300 g/mol. The summed E-state index contributed by atoms with van der Waals surface area (Å²) < 4.78 is 6.22. The molecule has 1 aromatic rings. The minimum absolute atomic E-state index is 0.458. The molecule has 0 spiro atoms. The van der Waals surface area contributed by atoms with Gasteiger partial charge in [0.2, 0.25) is 0 Å². The van der Waals surface area contributed by atoms with Crippen molar-refractivity contribution in [2.24, 2.45) is 4.99 Å². The fourth-order valence-corrected chi connectivity index (χ4v) is 3.04. The van der Waals surface area contributed by atoms with Crippen molar-refractivity contribution < 1.29 is 4.74 Å². The van der Waals surface area contributed by atoms with Crippen molar-refractivity contribution in [3.63, 3.8) is 0 Å². The average molecular weight is 315 g/mol. The molecule has 0 aliphatic carbocycles. The van der Waals surface area contributed by atoms with Crippen LogP contribution in [0.25, 0.3) is 0 Å². The number of aliphatic imine (C=N–C) groups is 1. The molecule has 0 saturated carbocycles. The van der Waals surface area contributed by atoms with Crippen LogP contribution in [-0.2, 0) is 0 Å². The number of amidine groups is 1. The van der Waals surface area contributed by atoms with Gasteiger partial charge in [-0.05, 0) is 34.5 Å². The summed E-state index contributed by atoms with van der Waals surface area (Å²) >= 11 is 5.21. The number of halogens is 1. The predicted molar refractivity (Wildman–Crippen MR) is 78.3 cm³/mol. The van der Waals surface area contributed by atoms with E-state index in [4.69, 9.17) is 4.74 Å². The first-order valence-electron chi connectivity index (χ1n) is 5.54. The van der Waals surface area contributed by atoms with Gasteiger partial charge >= 0.3 is 0 Å². The van der Waals surface area contributed by atoms with Crippen molar-refractivity contribution in [3.8, 4) is 5.75 Å². The molecule has 0 saturated heterocycles. The molecule has 1 unspecified atom stereocenters. The van der Waals surface area contributed by atoms with Crippen LogP contribution in [0.3, 0.4) is 0 Å². The molecule has 92 valence electrons. The monoisotopic (exact) mass is 314 g/mol. The highest BCUT2D eigenvalue weighted by molar-refractivity contribution is 9.10. The van der Waals surface area contributed by atoms with Gasteiger partial charge in [0.1, 0.15) is 5.75 Å². The molecule has 1 aromatic carbocycles. The summed E-state index contributed by atoms with van der Waals surface area (Å²) in [6, 6.07) is 6.40. The van der Waals surface area contributed by atoms with Gasteiger partial charge in [-0.3, -0.25) is 4.99 Å². The Bertz CT molecular complexity index is 437. The maximum absolute atomic E-state index is 5.26. The SMILES string of the molecule is CCC1CSC(Nc2ccc(Br)c(OC)c2)=N1. The number of hydrogen-bond acceptors (Lipinski definition) is 4. The van der Waals surface area contributed by atoms with Crippen molar-refractivity contribution in [2.75, 3.05) is 18.2 Å². The Morgan fingerprint density at radius 1 is 1.59 bits per heavy atom. The van der Waals surface area contributed by atoms with E-state index in [0.717, 1.165) is 33.3 Å². The first-order chi connectivity index (χ1) is 8.22. The molecule has 17 heavy (non-hydrogen) atoms. The van der Waals surface area contributed by atoms with E-state index in [1.54, 1.807) is 18.9 Å². The second-order valence-electron chi connectivity index (χ2n) is 3.78. The Hall–Kier alpha value is -0.680. The van der Waals surface area contributed by atoms with Gasteiger partial charge in [0, 0.05) is 17.5 Å². The molecule has 3 nitrogen and oxygen atoms in total. The van der Waals surface area contributed by atoms with Gasteiger partial charge in [-0.1, -0.05) is 18.7 Å². The predicted octanol–water partition coefficient (Wildman–Crippen LogP) is 3.75. The Balaban J connectivity index is 2.09. The number of anilines is 1. The van der Waals surface area contributed by atoms with E-state index < -0.39 is 0 Å². The highest BCUT2D eigenvalue weighted by Crippen LogP contribution is 2.29. The lowest BCUT2D eigenvalue weighted by Gasteiger charge is -2.08. The fourth-order valence-electron chi connectivity index (χ4n) is 1.55. The number of nitrogens with one attached hydrogen (secondary N) is 1. The minimum atomic E-state index is 0.458. The van der Waals surface area contributed by atoms with Gasteiger partial charge in [-0.15, -0.1) is 0 Å². The average Bonchev–Trinajstić information content (AvgIpc) is 2.79. The first-order valence-corrected chi connectivity index (χ1v) is 7.32. The van der Waals surface area contributed by atoms with Crippen LogP contribution in [0.1, 0.15) is 13.3 Å². The zero-order valence-electron chi connectivity index (χ0n) is 9.87. The third-order valence-corrected chi connectivity index (χ3v) is 4.27. The van der Waals surface area contributed by atoms with Crippen LogP contribution in [0, 0.1) is 0 Å². The molecule has 1 heterocycles. The van der Waals surface area contributed by atoms with Crippen molar-refractivity contribution >= 4 is 38.5 Å². The van der Waals surface area contributed by atoms with Crippen molar-refractivity contribution in [1.29, 1.82) is 0 Å². The molecule has 1 atom stereocenters. The molecular formula is C12H15BrN2OS. The summed E-state index contributed by atoms with van der Waals surface area (Å²) in [5.74, 6) is 1.90. The number of rotatable bonds is 3. The quantitative estimate of drug-likeness (QED) is 0.922. The van der Waals surface area contributed by atoms with E-state index in [1.807, 2.05) is 18.2 Å². The lowest BCUT2D eigenvalue weighted by Crippen LogP contribution is -2.05. The van der Waals surface area contributed by atoms with E-state index >= 15 is 0 Å². The number of benzene rings is 1. The van der Waals surface area contributed by atoms with Crippen LogP contribution >= 0.6 is 27.7 Å². The molecule has 0 radical (unpaired) electrons. The Morgan fingerprint density at radius 3 is 3.06 bits per heavy atom. The van der Waals surface area contributed by atoms with Gasteiger partial charge < -0.3 is 10.1 Å². The Kier molecular flexibility index (Phi) is 4.34. The third kappa shape index (κ3) is 3.16. The topological polar surface area (TPSA) is 33.6 Å². The number of nitrogens with zero attached hydrogens (tertiary/aromatic N) is 1. The normalized spacial score (nSPS) is 19.0. The summed E-state index contributed by atoms with van der Waals surface area (Å²) in [6.07, 6.45) is 1.10. The number of ether oxygens (including phenoxy) is 1. The molecule has 1 N–H and O–H groups in total.